The van der Waals surface area contributed by atoms with Gasteiger partial charge in [-0.1, -0.05) is 25.1 Å². The summed E-state index contributed by atoms with van der Waals surface area (Å²) in [6.45, 7) is 5.53. The first-order chi connectivity index (χ1) is 18.2. The van der Waals surface area contributed by atoms with E-state index in [0.717, 1.165) is 11.3 Å². The number of Topliss-reactive ketones (excluding diaryl/α,β-unsaturated/α-hetero) is 1. The Morgan fingerprint density at radius 3 is 2.34 bits per heavy atom. The van der Waals surface area contributed by atoms with E-state index in [1.54, 1.807) is 33.3 Å². The van der Waals surface area contributed by atoms with Gasteiger partial charge in [0.2, 0.25) is 0 Å². The van der Waals surface area contributed by atoms with E-state index in [4.69, 9.17) is 14.2 Å². The van der Waals surface area contributed by atoms with Gasteiger partial charge in [-0.25, -0.2) is 4.79 Å². The number of ether oxygens (including phenoxy) is 3. The third-order valence-corrected chi connectivity index (χ3v) is 7.25. The predicted octanol–water partition coefficient (Wildman–Crippen LogP) is 5.32. The average Bonchev–Trinajstić information content (AvgIpc) is 2.91. The van der Waals surface area contributed by atoms with Crippen LogP contribution in [-0.2, 0) is 14.3 Å². The van der Waals surface area contributed by atoms with Crippen LogP contribution in [0.4, 0.5) is 5.69 Å². The average molecular weight is 521 g/mol. The number of non-ortho nitro benzene ring substituents is 1. The van der Waals surface area contributed by atoms with Crippen LogP contribution in [0.15, 0.2) is 65.0 Å². The lowest BCUT2D eigenvalue weighted by Gasteiger charge is -2.37. The van der Waals surface area contributed by atoms with Crippen molar-refractivity contribution >= 4 is 17.4 Å². The van der Waals surface area contributed by atoms with E-state index in [-0.39, 0.29) is 29.9 Å². The molecule has 9 nitrogen and oxygen atoms in total. The van der Waals surface area contributed by atoms with Crippen LogP contribution in [-0.4, -0.2) is 37.0 Å². The van der Waals surface area contributed by atoms with Crippen molar-refractivity contribution in [3.05, 3.63) is 86.2 Å². The van der Waals surface area contributed by atoms with Crippen molar-refractivity contribution < 1.29 is 28.7 Å². The van der Waals surface area contributed by atoms with Gasteiger partial charge in [-0.05, 0) is 55.9 Å². The number of nitro benzene ring substituents is 1. The summed E-state index contributed by atoms with van der Waals surface area (Å²) in [5, 5.41) is 14.6. The number of carbonyl (C=O) groups is 2. The zero-order valence-electron chi connectivity index (χ0n) is 22.2. The second kappa shape index (κ2) is 11.1. The van der Waals surface area contributed by atoms with Gasteiger partial charge in [-0.15, -0.1) is 0 Å². The molecule has 200 valence electrons. The highest BCUT2D eigenvalue weighted by molar-refractivity contribution is 6.04. The van der Waals surface area contributed by atoms with Gasteiger partial charge in [0, 0.05) is 41.4 Å². The number of dihydropyridines is 1. The third-order valence-electron chi connectivity index (χ3n) is 7.25. The largest absolute Gasteiger partial charge is 0.493 e. The minimum Gasteiger partial charge on any atom is -0.493 e. The molecule has 0 unspecified atom stereocenters. The molecule has 38 heavy (non-hydrogen) atoms. The quantitative estimate of drug-likeness (QED) is 0.283. The Balaban J connectivity index is 1.77. The van der Waals surface area contributed by atoms with E-state index in [2.05, 4.69) is 5.32 Å². The fraction of sp³-hybridized carbons (Fsp3) is 0.379. The maximum absolute atomic E-state index is 13.8. The van der Waals surface area contributed by atoms with Crippen LogP contribution < -0.4 is 14.8 Å². The predicted molar refractivity (Wildman–Crippen MR) is 141 cm³/mol. The van der Waals surface area contributed by atoms with Crippen molar-refractivity contribution in [2.24, 2.45) is 0 Å². The van der Waals surface area contributed by atoms with Crippen molar-refractivity contribution in [2.45, 2.75) is 58.0 Å². The fourth-order valence-corrected chi connectivity index (χ4v) is 5.10. The molecule has 3 atom stereocenters. The summed E-state index contributed by atoms with van der Waals surface area (Å²) in [6, 6.07) is 11.6. The van der Waals surface area contributed by atoms with E-state index in [1.165, 1.54) is 12.1 Å². The topological polar surface area (TPSA) is 117 Å². The Morgan fingerprint density at radius 1 is 1.08 bits per heavy atom. The molecule has 2 aromatic rings. The molecule has 4 rings (SSSR count). The lowest BCUT2D eigenvalue weighted by Crippen LogP contribution is -2.36. The summed E-state index contributed by atoms with van der Waals surface area (Å²) in [4.78, 5) is 37.9. The lowest BCUT2D eigenvalue weighted by molar-refractivity contribution is -0.384. The van der Waals surface area contributed by atoms with Crippen molar-refractivity contribution in [1.82, 2.24) is 5.32 Å². The standard InChI is InChI=1S/C29H32N2O7/c1-6-16(2)38-29(33)26-17(3)30-22-13-20(19-9-12-24(36-4)25(15-19)37-5)14-23(32)28(22)27(26)18-7-10-21(11-8-18)31(34)35/h7-12,15-16,20,27,30H,6,13-14H2,1-5H3/t16-,20+,27-/m0/s1. The first kappa shape index (κ1) is 26.9. The first-order valence-corrected chi connectivity index (χ1v) is 12.6. The van der Waals surface area contributed by atoms with Crippen molar-refractivity contribution in [3.63, 3.8) is 0 Å². The van der Waals surface area contributed by atoms with Crippen LogP contribution in [0.5, 0.6) is 11.5 Å². The van der Waals surface area contributed by atoms with Crippen LogP contribution in [0.3, 0.4) is 0 Å². The summed E-state index contributed by atoms with van der Waals surface area (Å²) in [6.07, 6.45) is 1.14. The number of nitro groups is 1. The van der Waals surface area contributed by atoms with Gasteiger partial charge in [-0.3, -0.25) is 14.9 Å². The number of ketones is 1. The Labute approximate surface area is 221 Å². The van der Waals surface area contributed by atoms with Gasteiger partial charge in [-0.2, -0.15) is 0 Å². The van der Waals surface area contributed by atoms with Crippen LogP contribution in [0.2, 0.25) is 0 Å². The van der Waals surface area contributed by atoms with E-state index in [1.807, 2.05) is 32.0 Å². The van der Waals surface area contributed by atoms with Crippen LogP contribution >= 0.6 is 0 Å². The van der Waals surface area contributed by atoms with Crippen LogP contribution in [0.1, 0.15) is 63.0 Å². The molecule has 1 N–H and O–H groups in total. The Kier molecular flexibility index (Phi) is 7.85. The smallest absolute Gasteiger partial charge is 0.337 e. The highest BCUT2D eigenvalue weighted by atomic mass is 16.6. The van der Waals surface area contributed by atoms with Crippen LogP contribution in [0, 0.1) is 10.1 Å². The van der Waals surface area contributed by atoms with Gasteiger partial charge < -0.3 is 19.5 Å². The second-order valence-electron chi connectivity index (χ2n) is 9.60. The molecule has 9 heteroatoms. The van der Waals surface area contributed by atoms with E-state index in [9.17, 15) is 19.7 Å². The van der Waals surface area contributed by atoms with Crippen LogP contribution in [0.25, 0.3) is 0 Å². The van der Waals surface area contributed by atoms with Crippen molar-refractivity contribution in [1.29, 1.82) is 0 Å². The maximum atomic E-state index is 13.8. The third kappa shape index (κ3) is 5.14. The highest BCUT2D eigenvalue weighted by Crippen LogP contribution is 2.46. The van der Waals surface area contributed by atoms with Crippen molar-refractivity contribution in [3.8, 4) is 11.5 Å². The number of benzene rings is 2. The Hall–Kier alpha value is -4.14. The molecule has 2 aromatic carbocycles. The van der Waals surface area contributed by atoms with E-state index in [0.29, 0.717) is 46.7 Å². The molecule has 0 aromatic heterocycles. The molecule has 0 fully saturated rings. The minimum atomic E-state index is -0.692. The number of allylic oxidation sites excluding steroid dienone is 3. The molecule has 0 amide bonds. The Morgan fingerprint density at radius 2 is 1.74 bits per heavy atom. The van der Waals surface area contributed by atoms with Gasteiger partial charge >= 0.3 is 5.97 Å². The molecule has 0 saturated heterocycles. The lowest BCUT2D eigenvalue weighted by atomic mass is 9.71. The molecule has 0 bridgehead atoms. The van der Waals surface area contributed by atoms with E-state index < -0.39 is 16.8 Å². The summed E-state index contributed by atoms with van der Waals surface area (Å²) >= 11 is 0. The molecular weight excluding hydrogens is 488 g/mol. The molecule has 1 aliphatic carbocycles. The molecule has 1 heterocycles. The van der Waals surface area contributed by atoms with Gasteiger partial charge in [0.05, 0.1) is 30.8 Å². The zero-order valence-corrected chi connectivity index (χ0v) is 22.2. The number of hydrogen-bond acceptors (Lipinski definition) is 8. The fourth-order valence-electron chi connectivity index (χ4n) is 5.10. The molecule has 0 radical (unpaired) electrons. The Bertz CT molecular complexity index is 1330. The summed E-state index contributed by atoms with van der Waals surface area (Å²) < 4.78 is 16.5. The number of nitrogens with one attached hydrogen (secondary N) is 1. The zero-order chi connectivity index (χ0) is 27.6. The maximum Gasteiger partial charge on any atom is 0.337 e. The number of carbonyl (C=O) groups excluding carboxylic acids is 2. The van der Waals surface area contributed by atoms with E-state index >= 15 is 0 Å². The molecule has 1 aliphatic heterocycles. The minimum absolute atomic E-state index is 0.0650. The normalized spacial score (nSPS) is 19.9. The number of hydrogen-bond donors (Lipinski definition) is 1. The number of nitrogens with zero attached hydrogens (tertiary/aromatic N) is 1. The SMILES string of the molecule is CC[C@H](C)OC(=O)C1=C(C)NC2=C(C(=O)C[C@H](c3ccc(OC)c(OC)c3)C2)[C@H]1c1ccc([N+](=O)[O-])cc1. The van der Waals surface area contributed by atoms with Gasteiger partial charge in [0.15, 0.2) is 17.3 Å². The van der Waals surface area contributed by atoms with Gasteiger partial charge in [0.25, 0.3) is 5.69 Å². The monoisotopic (exact) mass is 520 g/mol. The molecule has 0 saturated carbocycles. The first-order valence-electron chi connectivity index (χ1n) is 12.6. The number of methoxy groups -OCH3 is 2. The van der Waals surface area contributed by atoms with Gasteiger partial charge in [0.1, 0.15) is 0 Å². The molecular formula is C29H32N2O7. The number of esters is 1. The number of rotatable bonds is 8. The summed E-state index contributed by atoms with van der Waals surface area (Å²) in [5.74, 6) is -0.202. The summed E-state index contributed by atoms with van der Waals surface area (Å²) in [7, 11) is 3.14. The van der Waals surface area contributed by atoms with Crippen molar-refractivity contribution in [2.75, 3.05) is 14.2 Å². The molecule has 0 spiro atoms. The highest BCUT2D eigenvalue weighted by Gasteiger charge is 2.42. The second-order valence-corrected chi connectivity index (χ2v) is 9.60. The summed E-state index contributed by atoms with van der Waals surface area (Å²) in [5.41, 5.74) is 3.68. The molecule has 2 aliphatic rings.